The van der Waals surface area contributed by atoms with Gasteiger partial charge in [0.2, 0.25) is 0 Å². The lowest BCUT2D eigenvalue weighted by Crippen LogP contribution is -1.91. The minimum absolute atomic E-state index is 1.39. The summed E-state index contributed by atoms with van der Waals surface area (Å²) < 4.78 is 0. The molecule has 0 nitrogen and oxygen atoms in total. The van der Waals surface area contributed by atoms with E-state index >= 15 is 0 Å². The minimum Gasteiger partial charge on any atom is -0.131 e. The molecule has 2 rings (SSSR count). The van der Waals surface area contributed by atoms with Crippen LogP contribution in [0.25, 0.3) is 0 Å². The first-order valence-electron chi connectivity index (χ1n) is 3.80. The Labute approximate surface area is 60.7 Å². The van der Waals surface area contributed by atoms with Crippen LogP contribution in [0.3, 0.4) is 0 Å². The first-order valence-corrected chi connectivity index (χ1v) is 4.79. The molecule has 0 radical (unpaired) electrons. The summed E-state index contributed by atoms with van der Waals surface area (Å²) in [6, 6.07) is 0. The molecule has 1 heteroatoms. The van der Waals surface area contributed by atoms with Crippen LogP contribution in [-0.2, 0) is 0 Å². The highest BCUT2D eigenvalue weighted by Gasteiger charge is 2.17. The fourth-order valence-corrected chi connectivity index (χ4v) is 2.93. The topological polar surface area (TPSA) is 0 Å². The second-order valence-electron chi connectivity index (χ2n) is 2.83. The monoisotopic (exact) mass is 140 g/mol. The van der Waals surface area contributed by atoms with Gasteiger partial charge in [0.15, 0.2) is 0 Å². The summed E-state index contributed by atoms with van der Waals surface area (Å²) in [4.78, 5) is 1.75. The molecule has 1 heterocycles. The summed E-state index contributed by atoms with van der Waals surface area (Å²) in [6.07, 6.45) is 7.12. The summed E-state index contributed by atoms with van der Waals surface area (Å²) in [6.45, 7) is 0. The van der Waals surface area contributed by atoms with Gasteiger partial charge in [-0.3, -0.25) is 0 Å². The maximum absolute atomic E-state index is 2.11. The second-order valence-corrected chi connectivity index (χ2v) is 4.02. The van der Waals surface area contributed by atoms with E-state index in [-0.39, 0.29) is 0 Å². The Balaban J connectivity index is 2.17. The zero-order valence-corrected chi connectivity index (χ0v) is 6.47. The molecule has 50 valence electrons. The van der Waals surface area contributed by atoms with Crippen LogP contribution in [0, 0.1) is 0 Å². The van der Waals surface area contributed by atoms with E-state index in [1.165, 1.54) is 37.9 Å². The Hall–Kier alpha value is 0.0900. The highest BCUT2D eigenvalue weighted by Crippen LogP contribution is 2.40. The molecule has 2 aliphatic rings. The molecule has 1 aliphatic carbocycles. The highest BCUT2D eigenvalue weighted by molar-refractivity contribution is 8.03. The van der Waals surface area contributed by atoms with Gasteiger partial charge < -0.3 is 0 Å². The molecule has 0 amide bonds. The molecule has 0 saturated carbocycles. The predicted octanol–water partition coefficient (Wildman–Crippen LogP) is 2.95. The number of allylic oxidation sites excluding steroid dienone is 2. The summed E-state index contributed by atoms with van der Waals surface area (Å²) in [5, 5.41) is 0. The van der Waals surface area contributed by atoms with Crippen molar-refractivity contribution in [2.24, 2.45) is 0 Å². The minimum atomic E-state index is 1.39. The smallest absolute Gasteiger partial charge is 0.00202 e. The maximum Gasteiger partial charge on any atom is -0.00202 e. The van der Waals surface area contributed by atoms with E-state index in [2.05, 4.69) is 11.8 Å². The van der Waals surface area contributed by atoms with Crippen molar-refractivity contribution in [3.8, 4) is 0 Å². The molecule has 0 unspecified atom stereocenters. The molecular weight excluding hydrogens is 128 g/mol. The van der Waals surface area contributed by atoms with Gasteiger partial charge in [-0.2, -0.15) is 0 Å². The largest absolute Gasteiger partial charge is 0.131 e. The van der Waals surface area contributed by atoms with E-state index in [1.54, 1.807) is 10.5 Å². The van der Waals surface area contributed by atoms with E-state index in [0.29, 0.717) is 0 Å². The van der Waals surface area contributed by atoms with Crippen molar-refractivity contribution in [1.82, 2.24) is 0 Å². The fraction of sp³-hybridized carbons (Fsp3) is 0.750. The van der Waals surface area contributed by atoms with Gasteiger partial charge >= 0.3 is 0 Å². The average molecular weight is 140 g/mol. The molecule has 0 aromatic rings. The van der Waals surface area contributed by atoms with Crippen molar-refractivity contribution in [3.63, 3.8) is 0 Å². The second kappa shape index (κ2) is 2.37. The lowest BCUT2D eigenvalue weighted by Gasteiger charge is -2.11. The van der Waals surface area contributed by atoms with Gasteiger partial charge in [-0.15, -0.1) is 11.8 Å². The van der Waals surface area contributed by atoms with Gasteiger partial charge in [0, 0.05) is 0 Å². The SMILES string of the molecule is C1CSC2=C(C1)CCC2. The van der Waals surface area contributed by atoms with Crippen LogP contribution in [0.15, 0.2) is 10.5 Å². The Morgan fingerprint density at radius 1 is 1.00 bits per heavy atom. The van der Waals surface area contributed by atoms with Gasteiger partial charge in [-0.25, -0.2) is 0 Å². The summed E-state index contributed by atoms with van der Waals surface area (Å²) in [5.41, 5.74) is 1.80. The quantitative estimate of drug-likeness (QED) is 0.498. The Morgan fingerprint density at radius 2 is 1.89 bits per heavy atom. The average Bonchev–Trinajstić information content (AvgIpc) is 2.33. The van der Waals surface area contributed by atoms with Crippen molar-refractivity contribution in [2.45, 2.75) is 32.1 Å². The van der Waals surface area contributed by atoms with Crippen molar-refractivity contribution < 1.29 is 0 Å². The summed E-state index contributed by atoms with van der Waals surface area (Å²) in [5.74, 6) is 1.39. The maximum atomic E-state index is 2.11. The van der Waals surface area contributed by atoms with Crippen LogP contribution in [0.5, 0.6) is 0 Å². The standard InChI is InChI=1S/C8H12S/c1-3-7-4-2-6-9-8(7)5-1/h1-6H2. The van der Waals surface area contributed by atoms with Crippen LogP contribution < -0.4 is 0 Å². The molecule has 0 aromatic heterocycles. The molecule has 0 saturated heterocycles. The molecular formula is C8H12S. The third-order valence-electron chi connectivity index (χ3n) is 2.18. The van der Waals surface area contributed by atoms with E-state index in [0.717, 1.165) is 0 Å². The number of hydrogen-bond donors (Lipinski definition) is 0. The first-order chi connectivity index (χ1) is 4.47. The third kappa shape index (κ3) is 1.03. The molecule has 0 aromatic carbocycles. The molecule has 0 spiro atoms. The number of thioether (sulfide) groups is 1. The van der Waals surface area contributed by atoms with Crippen molar-refractivity contribution in [2.75, 3.05) is 5.75 Å². The molecule has 1 aliphatic heterocycles. The molecule has 9 heavy (non-hydrogen) atoms. The number of hydrogen-bond acceptors (Lipinski definition) is 1. The van der Waals surface area contributed by atoms with Crippen LogP contribution in [0.4, 0.5) is 0 Å². The zero-order chi connectivity index (χ0) is 6.10. The zero-order valence-electron chi connectivity index (χ0n) is 5.65. The van der Waals surface area contributed by atoms with Crippen LogP contribution >= 0.6 is 11.8 Å². The van der Waals surface area contributed by atoms with Gasteiger partial charge in [-0.05, 0) is 42.8 Å². The van der Waals surface area contributed by atoms with E-state index < -0.39 is 0 Å². The fourth-order valence-electron chi connectivity index (χ4n) is 1.70. The van der Waals surface area contributed by atoms with E-state index in [1.807, 2.05) is 0 Å². The van der Waals surface area contributed by atoms with Gasteiger partial charge in [0.25, 0.3) is 0 Å². The van der Waals surface area contributed by atoms with Gasteiger partial charge in [-0.1, -0.05) is 5.57 Å². The van der Waals surface area contributed by atoms with Crippen molar-refractivity contribution >= 4 is 11.8 Å². The van der Waals surface area contributed by atoms with Crippen LogP contribution in [0.1, 0.15) is 32.1 Å². The van der Waals surface area contributed by atoms with Crippen LogP contribution in [0.2, 0.25) is 0 Å². The molecule has 0 atom stereocenters. The molecule has 0 fully saturated rings. The highest BCUT2D eigenvalue weighted by atomic mass is 32.2. The molecule has 0 N–H and O–H groups in total. The lowest BCUT2D eigenvalue weighted by molar-refractivity contribution is 0.836. The Bertz CT molecular complexity index is 131. The summed E-state index contributed by atoms with van der Waals surface area (Å²) >= 11 is 2.11. The van der Waals surface area contributed by atoms with Gasteiger partial charge in [0.1, 0.15) is 0 Å². The van der Waals surface area contributed by atoms with Crippen molar-refractivity contribution in [3.05, 3.63) is 10.5 Å². The molecule has 0 bridgehead atoms. The van der Waals surface area contributed by atoms with Crippen LogP contribution in [-0.4, -0.2) is 5.75 Å². The predicted molar refractivity (Wildman–Crippen MR) is 42.6 cm³/mol. The Morgan fingerprint density at radius 3 is 2.78 bits per heavy atom. The lowest BCUT2D eigenvalue weighted by atomic mass is 10.1. The summed E-state index contributed by atoms with van der Waals surface area (Å²) in [7, 11) is 0. The number of rotatable bonds is 0. The normalized spacial score (nSPS) is 26.7. The van der Waals surface area contributed by atoms with E-state index in [9.17, 15) is 0 Å². The first kappa shape index (κ1) is 5.84. The van der Waals surface area contributed by atoms with Gasteiger partial charge in [0.05, 0.1) is 0 Å². The third-order valence-corrected chi connectivity index (χ3v) is 3.51. The van der Waals surface area contributed by atoms with E-state index in [4.69, 9.17) is 0 Å². The Kier molecular flexibility index (Phi) is 1.54. The van der Waals surface area contributed by atoms with Crippen molar-refractivity contribution in [1.29, 1.82) is 0 Å².